The van der Waals surface area contributed by atoms with Crippen molar-refractivity contribution in [3.8, 4) is 11.3 Å². The third kappa shape index (κ3) is 3.05. The minimum Gasteiger partial charge on any atom is -0.397 e. The molecule has 3 rings (SSSR count). The highest BCUT2D eigenvalue weighted by molar-refractivity contribution is 7.09. The smallest absolute Gasteiger partial charge is 0.0929 e. The first-order chi connectivity index (χ1) is 10.2. The van der Waals surface area contributed by atoms with E-state index in [0.29, 0.717) is 0 Å². The van der Waals surface area contributed by atoms with Crippen LogP contribution in [0.1, 0.15) is 31.7 Å². The summed E-state index contributed by atoms with van der Waals surface area (Å²) in [5.74, 6) is 0.837. The maximum absolute atomic E-state index is 6.30. The first kappa shape index (κ1) is 14.4. The molecule has 3 nitrogen and oxygen atoms in total. The second-order valence-corrected chi connectivity index (χ2v) is 6.87. The van der Waals surface area contributed by atoms with E-state index in [9.17, 15) is 0 Å². The molecule has 2 aromatic rings. The monoisotopic (exact) mass is 301 g/mol. The Labute approximate surface area is 130 Å². The zero-order valence-electron chi connectivity index (χ0n) is 12.8. The number of rotatable bonds is 3. The lowest BCUT2D eigenvalue weighted by atomic mass is 9.98. The molecule has 0 radical (unpaired) electrons. The van der Waals surface area contributed by atoms with Gasteiger partial charge in [0, 0.05) is 24.0 Å². The Morgan fingerprint density at radius 3 is 2.71 bits per heavy atom. The molecule has 4 heteroatoms. The molecule has 0 spiro atoms. The highest BCUT2D eigenvalue weighted by Crippen LogP contribution is 2.32. The topological polar surface area (TPSA) is 42.2 Å². The molecule has 0 saturated carbocycles. The zero-order valence-corrected chi connectivity index (χ0v) is 13.6. The minimum atomic E-state index is 0.837. The van der Waals surface area contributed by atoms with Gasteiger partial charge in [-0.1, -0.05) is 19.9 Å². The van der Waals surface area contributed by atoms with Gasteiger partial charge in [-0.15, -0.1) is 11.3 Å². The molecule has 112 valence electrons. The number of thiazole rings is 1. The van der Waals surface area contributed by atoms with Gasteiger partial charge < -0.3 is 10.6 Å². The molecular formula is C17H23N3S. The number of anilines is 2. The predicted octanol–water partition coefficient (Wildman–Crippen LogP) is 4.19. The molecule has 0 unspecified atom stereocenters. The molecule has 1 aromatic heterocycles. The van der Waals surface area contributed by atoms with Crippen LogP contribution in [0.5, 0.6) is 0 Å². The third-order valence-electron chi connectivity index (χ3n) is 4.30. The summed E-state index contributed by atoms with van der Waals surface area (Å²) in [5.41, 5.74) is 10.5. The zero-order chi connectivity index (χ0) is 14.8. The number of hydrogen-bond donors (Lipinski definition) is 1. The SMILES string of the molecule is CCc1nc(-c2ccc(N3CCC(C)CC3)c(N)c2)cs1. The summed E-state index contributed by atoms with van der Waals surface area (Å²) >= 11 is 1.72. The van der Waals surface area contributed by atoms with Crippen molar-refractivity contribution in [2.75, 3.05) is 23.7 Å². The van der Waals surface area contributed by atoms with Gasteiger partial charge in [-0.2, -0.15) is 0 Å². The van der Waals surface area contributed by atoms with Crippen LogP contribution >= 0.6 is 11.3 Å². The predicted molar refractivity (Wildman–Crippen MR) is 92.0 cm³/mol. The number of aromatic nitrogens is 1. The lowest BCUT2D eigenvalue weighted by Gasteiger charge is -2.33. The Kier molecular flexibility index (Phi) is 4.15. The second kappa shape index (κ2) is 6.06. The number of nitrogens with zero attached hydrogens (tertiary/aromatic N) is 2. The Bertz CT molecular complexity index is 612. The van der Waals surface area contributed by atoms with Crippen molar-refractivity contribution in [1.82, 2.24) is 4.98 Å². The van der Waals surface area contributed by atoms with Crippen LogP contribution in [0.15, 0.2) is 23.6 Å². The molecule has 1 aliphatic rings. The summed E-state index contributed by atoms with van der Waals surface area (Å²) in [5, 5.41) is 3.30. The largest absolute Gasteiger partial charge is 0.397 e. The fourth-order valence-corrected chi connectivity index (χ4v) is 3.61. The fraction of sp³-hybridized carbons (Fsp3) is 0.471. The van der Waals surface area contributed by atoms with Crippen molar-refractivity contribution in [2.45, 2.75) is 33.1 Å². The molecule has 0 bridgehead atoms. The van der Waals surface area contributed by atoms with E-state index >= 15 is 0 Å². The van der Waals surface area contributed by atoms with Crippen LogP contribution in [0.25, 0.3) is 11.3 Å². The van der Waals surface area contributed by atoms with Gasteiger partial charge in [-0.3, -0.25) is 0 Å². The van der Waals surface area contributed by atoms with Crippen LogP contribution in [0.3, 0.4) is 0 Å². The minimum absolute atomic E-state index is 0.837. The van der Waals surface area contributed by atoms with Gasteiger partial charge in [0.1, 0.15) is 0 Å². The Hall–Kier alpha value is -1.55. The van der Waals surface area contributed by atoms with Crippen LogP contribution in [-0.2, 0) is 6.42 Å². The molecule has 0 amide bonds. The number of aryl methyl sites for hydroxylation is 1. The van der Waals surface area contributed by atoms with Crippen molar-refractivity contribution >= 4 is 22.7 Å². The molecule has 1 aromatic carbocycles. The summed E-state index contributed by atoms with van der Waals surface area (Å²) in [6.07, 6.45) is 3.50. The van der Waals surface area contributed by atoms with Crippen LogP contribution in [0.4, 0.5) is 11.4 Å². The van der Waals surface area contributed by atoms with Crippen LogP contribution in [-0.4, -0.2) is 18.1 Å². The lowest BCUT2D eigenvalue weighted by Crippen LogP contribution is -2.33. The van der Waals surface area contributed by atoms with E-state index in [0.717, 1.165) is 42.4 Å². The maximum Gasteiger partial charge on any atom is 0.0929 e. The molecule has 1 saturated heterocycles. The average Bonchev–Trinajstić information content (AvgIpc) is 2.97. The van der Waals surface area contributed by atoms with E-state index in [1.54, 1.807) is 11.3 Å². The first-order valence-electron chi connectivity index (χ1n) is 7.76. The summed E-state index contributed by atoms with van der Waals surface area (Å²) in [4.78, 5) is 7.06. The molecule has 0 atom stereocenters. The first-order valence-corrected chi connectivity index (χ1v) is 8.64. The number of hydrogen-bond acceptors (Lipinski definition) is 4. The quantitative estimate of drug-likeness (QED) is 0.864. The van der Waals surface area contributed by atoms with E-state index in [2.05, 4.69) is 47.3 Å². The van der Waals surface area contributed by atoms with Gasteiger partial charge in [0.25, 0.3) is 0 Å². The van der Waals surface area contributed by atoms with Crippen molar-refractivity contribution in [2.24, 2.45) is 5.92 Å². The van der Waals surface area contributed by atoms with Gasteiger partial charge in [0.2, 0.25) is 0 Å². The van der Waals surface area contributed by atoms with E-state index in [4.69, 9.17) is 5.73 Å². The van der Waals surface area contributed by atoms with Crippen molar-refractivity contribution < 1.29 is 0 Å². The van der Waals surface area contributed by atoms with E-state index in [1.165, 1.54) is 23.5 Å². The highest BCUT2D eigenvalue weighted by atomic mass is 32.1. The van der Waals surface area contributed by atoms with Crippen LogP contribution in [0, 0.1) is 5.92 Å². The maximum atomic E-state index is 6.30. The molecule has 21 heavy (non-hydrogen) atoms. The van der Waals surface area contributed by atoms with Gasteiger partial charge in [0.15, 0.2) is 0 Å². The van der Waals surface area contributed by atoms with Gasteiger partial charge in [0.05, 0.1) is 22.1 Å². The third-order valence-corrected chi connectivity index (χ3v) is 5.29. The van der Waals surface area contributed by atoms with Gasteiger partial charge in [-0.05, 0) is 37.3 Å². The average molecular weight is 301 g/mol. The van der Waals surface area contributed by atoms with E-state index < -0.39 is 0 Å². The fourth-order valence-electron chi connectivity index (χ4n) is 2.86. The summed E-state index contributed by atoms with van der Waals surface area (Å²) in [6, 6.07) is 6.38. The number of nitrogens with two attached hydrogens (primary N) is 1. The Morgan fingerprint density at radius 1 is 1.33 bits per heavy atom. The molecule has 0 aliphatic carbocycles. The standard InChI is InChI=1S/C17H23N3S/c1-3-17-19-15(11-21-17)13-4-5-16(14(18)10-13)20-8-6-12(2)7-9-20/h4-5,10-12H,3,6-9,18H2,1-2H3. The van der Waals surface area contributed by atoms with Crippen LogP contribution in [0.2, 0.25) is 0 Å². The van der Waals surface area contributed by atoms with Crippen molar-refractivity contribution in [1.29, 1.82) is 0 Å². The molecule has 2 N–H and O–H groups in total. The number of nitrogen functional groups attached to an aromatic ring is 1. The number of benzene rings is 1. The number of piperidine rings is 1. The summed E-state index contributed by atoms with van der Waals surface area (Å²) < 4.78 is 0. The normalized spacial score (nSPS) is 16.4. The molecular weight excluding hydrogens is 278 g/mol. The molecule has 1 fully saturated rings. The molecule has 1 aliphatic heterocycles. The summed E-state index contributed by atoms with van der Waals surface area (Å²) in [6.45, 7) is 6.69. The Balaban J connectivity index is 1.82. The highest BCUT2D eigenvalue weighted by Gasteiger charge is 2.18. The van der Waals surface area contributed by atoms with E-state index in [-0.39, 0.29) is 0 Å². The van der Waals surface area contributed by atoms with Crippen molar-refractivity contribution in [3.05, 3.63) is 28.6 Å². The lowest BCUT2D eigenvalue weighted by molar-refractivity contribution is 0.439. The van der Waals surface area contributed by atoms with E-state index in [1.807, 2.05) is 0 Å². The summed E-state index contributed by atoms with van der Waals surface area (Å²) in [7, 11) is 0. The van der Waals surface area contributed by atoms with Gasteiger partial charge in [-0.25, -0.2) is 4.98 Å². The van der Waals surface area contributed by atoms with Crippen LogP contribution < -0.4 is 10.6 Å². The second-order valence-electron chi connectivity index (χ2n) is 5.92. The molecule has 2 heterocycles. The van der Waals surface area contributed by atoms with Gasteiger partial charge >= 0.3 is 0 Å². The van der Waals surface area contributed by atoms with Crippen molar-refractivity contribution in [3.63, 3.8) is 0 Å². The Morgan fingerprint density at radius 2 is 2.10 bits per heavy atom.